The van der Waals surface area contributed by atoms with E-state index in [1.807, 2.05) is 0 Å². The molecule has 0 amide bonds. The number of carbonyl (C=O) groups is 2. The number of benzene rings is 1. The van der Waals surface area contributed by atoms with Crippen molar-refractivity contribution in [1.29, 1.82) is 0 Å². The maximum absolute atomic E-state index is 12.4. The van der Waals surface area contributed by atoms with Gasteiger partial charge >= 0.3 is 11.9 Å². The van der Waals surface area contributed by atoms with E-state index in [0.717, 1.165) is 0 Å². The first-order valence-corrected chi connectivity index (χ1v) is 8.08. The van der Waals surface area contributed by atoms with Crippen LogP contribution in [0.25, 0.3) is 0 Å². The lowest BCUT2D eigenvalue weighted by Gasteiger charge is -2.48. The van der Waals surface area contributed by atoms with Gasteiger partial charge in [-0.05, 0) is 18.4 Å². The van der Waals surface area contributed by atoms with Gasteiger partial charge in [-0.15, -0.1) is 0 Å². The average molecular weight is 363 g/mol. The number of aliphatic carboxylic acids is 2. The van der Waals surface area contributed by atoms with Crippen LogP contribution < -0.4 is 5.73 Å². The number of nitro groups is 1. The quantitative estimate of drug-likeness (QED) is 0.532. The molecule has 0 aromatic heterocycles. The zero-order chi connectivity index (χ0) is 19.8. The van der Waals surface area contributed by atoms with Crippen LogP contribution >= 0.6 is 0 Å². The fourth-order valence-electron chi connectivity index (χ4n) is 4.09. The third-order valence-electron chi connectivity index (χ3n) is 5.23. The molecule has 2 rings (SSSR count). The number of rotatable bonds is 5. The molecule has 0 spiro atoms. The van der Waals surface area contributed by atoms with Gasteiger partial charge in [-0.3, -0.25) is 24.7 Å². The van der Waals surface area contributed by atoms with E-state index in [2.05, 4.69) is 4.99 Å². The molecule has 26 heavy (non-hydrogen) atoms. The Labute approximate surface area is 149 Å². The van der Waals surface area contributed by atoms with Crippen molar-refractivity contribution in [3.8, 4) is 0 Å². The predicted octanol–water partition coefficient (Wildman–Crippen LogP) is 1.87. The summed E-state index contributed by atoms with van der Waals surface area (Å²) in [6, 6.07) is 4.58. The van der Waals surface area contributed by atoms with Crippen LogP contribution in [-0.2, 0) is 9.59 Å². The molecule has 140 valence electrons. The lowest BCUT2D eigenvalue weighted by Crippen LogP contribution is -2.58. The van der Waals surface area contributed by atoms with Crippen molar-refractivity contribution in [2.45, 2.75) is 32.7 Å². The Morgan fingerprint density at radius 2 is 1.96 bits per heavy atom. The molecule has 1 aromatic carbocycles. The minimum Gasteiger partial charge on any atom is -0.481 e. The van der Waals surface area contributed by atoms with Gasteiger partial charge < -0.3 is 15.9 Å². The number of hydrogen-bond acceptors (Lipinski definition) is 6. The lowest BCUT2D eigenvalue weighted by molar-refractivity contribution is -0.385. The first kappa shape index (κ1) is 19.4. The monoisotopic (exact) mass is 363 g/mol. The van der Waals surface area contributed by atoms with E-state index >= 15 is 0 Å². The van der Waals surface area contributed by atoms with Crippen LogP contribution in [-0.4, -0.2) is 39.0 Å². The van der Waals surface area contributed by atoms with E-state index in [4.69, 9.17) is 5.73 Å². The largest absolute Gasteiger partial charge is 0.481 e. The van der Waals surface area contributed by atoms with E-state index in [9.17, 15) is 29.9 Å². The molecule has 4 N–H and O–H groups in total. The fraction of sp³-hybridized carbons (Fsp3) is 0.471. The topological polar surface area (TPSA) is 156 Å². The smallest absolute Gasteiger partial charge is 0.314 e. The second-order valence-electron chi connectivity index (χ2n) is 6.77. The van der Waals surface area contributed by atoms with Crippen molar-refractivity contribution in [2.24, 2.45) is 28.0 Å². The van der Waals surface area contributed by atoms with Gasteiger partial charge in [-0.1, -0.05) is 26.0 Å². The van der Waals surface area contributed by atoms with Gasteiger partial charge in [0.1, 0.15) is 17.2 Å². The Bertz CT molecular complexity index is 790. The second-order valence-corrected chi connectivity index (χ2v) is 6.77. The van der Waals surface area contributed by atoms with Crippen LogP contribution in [0.4, 0.5) is 5.69 Å². The Hall–Kier alpha value is -2.97. The highest BCUT2D eigenvalue weighted by atomic mass is 16.6. The number of carboxylic acid groups (broad SMARTS) is 2. The summed E-state index contributed by atoms with van der Waals surface area (Å²) in [6.07, 6.45) is 0. The standard InChI is InChI=1S/C17H21N3O6/c1-8(2)17(16(23)24)9(3)19-14(18)12(15(21)22)13(17)10-5-4-6-11(7-10)20(25)26/h4-9,12-13H,1-3H3,(H2,18,19)(H,21,22)(H,23,24). The van der Waals surface area contributed by atoms with Crippen LogP contribution in [0, 0.1) is 27.4 Å². The van der Waals surface area contributed by atoms with Crippen LogP contribution in [0.2, 0.25) is 0 Å². The highest BCUT2D eigenvalue weighted by molar-refractivity contribution is 6.02. The van der Waals surface area contributed by atoms with E-state index in [1.165, 1.54) is 24.3 Å². The van der Waals surface area contributed by atoms with Gasteiger partial charge in [0.25, 0.3) is 5.69 Å². The van der Waals surface area contributed by atoms with Crippen LogP contribution in [0.5, 0.6) is 0 Å². The SMILES string of the molecule is CC(C)C1(C(=O)O)C(C)N=C(N)C(C(=O)O)C1c1cccc([N+](=O)[O-])c1. The molecular weight excluding hydrogens is 342 g/mol. The zero-order valence-electron chi connectivity index (χ0n) is 14.6. The van der Waals surface area contributed by atoms with Crippen molar-refractivity contribution in [3.63, 3.8) is 0 Å². The number of carboxylic acids is 2. The molecule has 1 aliphatic rings. The molecular formula is C17H21N3O6. The molecule has 1 heterocycles. The second kappa shape index (κ2) is 6.74. The average Bonchev–Trinajstić information content (AvgIpc) is 2.53. The third kappa shape index (κ3) is 2.79. The van der Waals surface area contributed by atoms with Crippen molar-refractivity contribution in [2.75, 3.05) is 0 Å². The molecule has 0 aliphatic carbocycles. The molecule has 4 atom stereocenters. The van der Waals surface area contributed by atoms with Crippen LogP contribution in [0.1, 0.15) is 32.3 Å². The van der Waals surface area contributed by atoms with Gasteiger partial charge in [0.15, 0.2) is 0 Å². The summed E-state index contributed by atoms with van der Waals surface area (Å²) in [5.74, 6) is -5.71. The van der Waals surface area contributed by atoms with E-state index in [1.54, 1.807) is 20.8 Å². The summed E-state index contributed by atoms with van der Waals surface area (Å²) in [5.41, 5.74) is 4.27. The van der Waals surface area contributed by atoms with Crippen molar-refractivity contribution >= 4 is 23.5 Å². The molecule has 9 heteroatoms. The van der Waals surface area contributed by atoms with Crippen LogP contribution in [0.15, 0.2) is 29.3 Å². The predicted molar refractivity (Wildman–Crippen MR) is 93.0 cm³/mol. The molecule has 0 saturated carbocycles. The zero-order valence-corrected chi connectivity index (χ0v) is 14.6. The molecule has 1 aromatic rings. The number of aliphatic imine (C=N–C) groups is 1. The third-order valence-corrected chi connectivity index (χ3v) is 5.23. The van der Waals surface area contributed by atoms with Crippen molar-refractivity contribution in [3.05, 3.63) is 39.9 Å². The number of nitro benzene ring substituents is 1. The van der Waals surface area contributed by atoms with Gasteiger partial charge in [-0.25, -0.2) is 0 Å². The molecule has 0 fully saturated rings. The minimum atomic E-state index is -1.58. The number of nitrogens with two attached hydrogens (primary N) is 1. The molecule has 0 bridgehead atoms. The number of nitrogens with zero attached hydrogens (tertiary/aromatic N) is 2. The van der Waals surface area contributed by atoms with Gasteiger partial charge in [0.2, 0.25) is 0 Å². The van der Waals surface area contributed by atoms with E-state index < -0.39 is 46.1 Å². The Kier molecular flexibility index (Phi) is 5.02. The maximum atomic E-state index is 12.4. The Balaban J connectivity index is 2.85. The van der Waals surface area contributed by atoms with E-state index in [0.29, 0.717) is 0 Å². The van der Waals surface area contributed by atoms with Gasteiger partial charge in [0, 0.05) is 18.1 Å². The van der Waals surface area contributed by atoms with Gasteiger partial charge in [0.05, 0.1) is 11.0 Å². The minimum absolute atomic E-state index is 0.181. The summed E-state index contributed by atoms with van der Waals surface area (Å²) in [4.78, 5) is 38.9. The number of hydrogen-bond donors (Lipinski definition) is 3. The fourth-order valence-corrected chi connectivity index (χ4v) is 4.09. The number of amidine groups is 1. The normalized spacial score (nSPS) is 28.5. The summed E-state index contributed by atoms with van der Waals surface area (Å²) < 4.78 is 0. The number of non-ortho nitro benzene ring substituents is 1. The molecule has 0 radical (unpaired) electrons. The molecule has 4 unspecified atom stereocenters. The molecule has 0 saturated heterocycles. The summed E-state index contributed by atoms with van der Waals surface area (Å²) in [7, 11) is 0. The van der Waals surface area contributed by atoms with Crippen molar-refractivity contribution < 1.29 is 24.7 Å². The van der Waals surface area contributed by atoms with Crippen molar-refractivity contribution in [1.82, 2.24) is 0 Å². The summed E-state index contributed by atoms with van der Waals surface area (Å²) in [6.45, 7) is 4.92. The highest BCUT2D eigenvalue weighted by Gasteiger charge is 2.60. The molecule has 1 aliphatic heterocycles. The molecule has 9 nitrogen and oxygen atoms in total. The summed E-state index contributed by atoms with van der Waals surface area (Å²) in [5, 5.41) is 30.9. The Morgan fingerprint density at radius 1 is 1.35 bits per heavy atom. The first-order chi connectivity index (χ1) is 12.0. The van der Waals surface area contributed by atoms with Gasteiger partial charge in [-0.2, -0.15) is 0 Å². The summed E-state index contributed by atoms with van der Waals surface area (Å²) >= 11 is 0. The maximum Gasteiger partial charge on any atom is 0.314 e. The highest BCUT2D eigenvalue weighted by Crippen LogP contribution is 2.53. The lowest BCUT2D eigenvalue weighted by atomic mass is 9.56. The van der Waals surface area contributed by atoms with Crippen LogP contribution in [0.3, 0.4) is 0 Å². The first-order valence-electron chi connectivity index (χ1n) is 8.08. The Morgan fingerprint density at radius 3 is 2.42 bits per heavy atom. The van der Waals surface area contributed by atoms with E-state index in [-0.39, 0.29) is 17.1 Å².